The molecule has 0 bridgehead atoms. The second-order valence-corrected chi connectivity index (χ2v) is 5.51. The van der Waals surface area contributed by atoms with Crippen LogP contribution in [0.2, 0.25) is 5.02 Å². The van der Waals surface area contributed by atoms with Gasteiger partial charge >= 0.3 is 6.18 Å². The number of ether oxygens (including phenoxy) is 1. The fourth-order valence-electron chi connectivity index (χ4n) is 1.60. The highest BCUT2D eigenvalue weighted by Gasteiger charge is 2.53. The summed E-state index contributed by atoms with van der Waals surface area (Å²) in [5, 5.41) is 29.2. The van der Waals surface area contributed by atoms with Gasteiger partial charge in [-0.3, -0.25) is 0 Å². The predicted molar refractivity (Wildman–Crippen MR) is 74.6 cm³/mol. The Hall–Kier alpha value is -1.29. The highest BCUT2D eigenvalue weighted by Crippen LogP contribution is 2.34. The van der Waals surface area contributed by atoms with E-state index in [2.05, 4.69) is 0 Å². The standard InChI is InChI=1S/C13H16ClF4NO4/c1-6(2)23-10-4-9(8(15)3-7(10)14)19-11(20)5-12(21,22)13(16,17)18/h3-4,6,11,19-22H,5H2,1-2H3. The van der Waals surface area contributed by atoms with E-state index in [-0.39, 0.29) is 16.9 Å². The average Bonchev–Trinajstić information content (AvgIpc) is 2.32. The van der Waals surface area contributed by atoms with Crippen molar-refractivity contribution in [1.29, 1.82) is 0 Å². The smallest absolute Gasteiger partial charge is 0.443 e. The maximum Gasteiger partial charge on any atom is 0.443 e. The fraction of sp³-hybridized carbons (Fsp3) is 0.538. The Morgan fingerprint density at radius 2 is 1.83 bits per heavy atom. The van der Waals surface area contributed by atoms with Crippen molar-refractivity contribution >= 4 is 17.3 Å². The summed E-state index contributed by atoms with van der Waals surface area (Å²) >= 11 is 5.76. The molecule has 1 atom stereocenters. The van der Waals surface area contributed by atoms with Gasteiger partial charge in [0.2, 0.25) is 0 Å². The van der Waals surface area contributed by atoms with Crippen molar-refractivity contribution in [3.63, 3.8) is 0 Å². The zero-order valence-electron chi connectivity index (χ0n) is 12.2. The molecule has 0 saturated carbocycles. The summed E-state index contributed by atoms with van der Waals surface area (Å²) in [6.45, 7) is 3.35. The van der Waals surface area contributed by atoms with E-state index in [1.54, 1.807) is 13.8 Å². The lowest BCUT2D eigenvalue weighted by Crippen LogP contribution is -2.48. The molecule has 0 aliphatic carbocycles. The molecule has 0 heterocycles. The topological polar surface area (TPSA) is 82.0 Å². The molecule has 0 radical (unpaired) electrons. The molecule has 4 N–H and O–H groups in total. The van der Waals surface area contributed by atoms with E-state index in [9.17, 15) is 22.7 Å². The van der Waals surface area contributed by atoms with Gasteiger partial charge in [0.25, 0.3) is 5.79 Å². The van der Waals surface area contributed by atoms with Gasteiger partial charge in [0.15, 0.2) is 0 Å². The zero-order chi connectivity index (χ0) is 18.0. The third kappa shape index (κ3) is 5.38. The zero-order valence-corrected chi connectivity index (χ0v) is 12.9. The van der Waals surface area contributed by atoms with Crippen LogP contribution in [-0.4, -0.2) is 39.6 Å². The molecule has 23 heavy (non-hydrogen) atoms. The van der Waals surface area contributed by atoms with Crippen LogP contribution in [0.15, 0.2) is 12.1 Å². The van der Waals surface area contributed by atoms with E-state index in [0.29, 0.717) is 0 Å². The Morgan fingerprint density at radius 1 is 1.26 bits per heavy atom. The first-order chi connectivity index (χ1) is 10.3. The minimum atomic E-state index is -5.37. The van der Waals surface area contributed by atoms with Crippen LogP contribution in [0.25, 0.3) is 0 Å². The van der Waals surface area contributed by atoms with Crippen LogP contribution >= 0.6 is 11.6 Å². The molecule has 1 rings (SSSR count). The largest absolute Gasteiger partial charge is 0.489 e. The Bertz CT molecular complexity index is 552. The first kappa shape index (κ1) is 19.8. The van der Waals surface area contributed by atoms with Crippen molar-refractivity contribution in [2.75, 3.05) is 5.32 Å². The summed E-state index contributed by atoms with van der Waals surface area (Å²) < 4.78 is 56.0. The highest BCUT2D eigenvalue weighted by molar-refractivity contribution is 6.32. The molecule has 0 spiro atoms. The quantitative estimate of drug-likeness (QED) is 0.462. The minimum Gasteiger partial charge on any atom is -0.489 e. The number of hydrogen-bond acceptors (Lipinski definition) is 5. The fourth-order valence-corrected chi connectivity index (χ4v) is 1.79. The van der Waals surface area contributed by atoms with E-state index < -0.39 is 36.1 Å². The minimum absolute atomic E-state index is 0.0489. The maximum absolute atomic E-state index is 13.7. The Balaban J connectivity index is 2.92. The summed E-state index contributed by atoms with van der Waals surface area (Å²) in [5.74, 6) is -5.04. The molecule has 132 valence electrons. The van der Waals surface area contributed by atoms with Crippen LogP contribution in [0, 0.1) is 5.82 Å². The van der Waals surface area contributed by atoms with E-state index in [1.807, 2.05) is 5.32 Å². The molecule has 0 aromatic heterocycles. The molecule has 5 nitrogen and oxygen atoms in total. The second-order valence-electron chi connectivity index (χ2n) is 5.11. The lowest BCUT2D eigenvalue weighted by atomic mass is 10.1. The lowest BCUT2D eigenvalue weighted by molar-refractivity contribution is -0.355. The molecule has 10 heteroatoms. The number of anilines is 1. The van der Waals surface area contributed by atoms with Crippen LogP contribution < -0.4 is 10.1 Å². The van der Waals surface area contributed by atoms with Crippen molar-refractivity contribution in [2.45, 2.75) is 44.6 Å². The predicted octanol–water partition coefficient (Wildman–Crippen LogP) is 2.63. The van der Waals surface area contributed by atoms with Gasteiger partial charge in [0.05, 0.1) is 23.2 Å². The molecule has 1 aromatic carbocycles. The number of aliphatic hydroxyl groups is 3. The summed E-state index contributed by atoms with van der Waals surface area (Å²) in [6.07, 6.45) is -9.29. The number of halogens is 5. The van der Waals surface area contributed by atoms with Crippen LogP contribution in [0.3, 0.4) is 0 Å². The molecule has 0 fully saturated rings. The van der Waals surface area contributed by atoms with Crippen molar-refractivity contribution in [3.05, 3.63) is 23.0 Å². The number of aliphatic hydroxyl groups excluding tert-OH is 1. The van der Waals surface area contributed by atoms with Gasteiger partial charge < -0.3 is 25.4 Å². The van der Waals surface area contributed by atoms with Gasteiger partial charge in [-0.15, -0.1) is 0 Å². The van der Waals surface area contributed by atoms with E-state index in [1.165, 1.54) is 0 Å². The maximum atomic E-state index is 13.7. The van der Waals surface area contributed by atoms with Crippen molar-refractivity contribution in [2.24, 2.45) is 0 Å². The van der Waals surface area contributed by atoms with Crippen LogP contribution in [0.5, 0.6) is 5.75 Å². The normalized spacial score (nSPS) is 14.0. The van der Waals surface area contributed by atoms with Crippen molar-refractivity contribution in [1.82, 2.24) is 0 Å². The molecule has 1 aromatic rings. The Morgan fingerprint density at radius 3 is 2.30 bits per heavy atom. The molecule has 1 unspecified atom stereocenters. The van der Waals surface area contributed by atoms with E-state index in [0.717, 1.165) is 12.1 Å². The lowest BCUT2D eigenvalue weighted by Gasteiger charge is -2.27. The van der Waals surface area contributed by atoms with Crippen molar-refractivity contribution < 1.29 is 37.6 Å². The number of nitrogens with one attached hydrogen (secondary N) is 1. The molecule has 0 saturated heterocycles. The summed E-state index contributed by atoms with van der Waals surface area (Å²) in [5.41, 5.74) is -0.407. The second kappa shape index (κ2) is 7.08. The first-order valence-corrected chi connectivity index (χ1v) is 6.83. The molecule has 0 aliphatic rings. The first-order valence-electron chi connectivity index (χ1n) is 6.45. The van der Waals surface area contributed by atoms with Crippen LogP contribution in [0.4, 0.5) is 23.2 Å². The highest BCUT2D eigenvalue weighted by atomic mass is 35.5. The Labute approximate surface area is 134 Å². The summed E-state index contributed by atoms with van der Waals surface area (Å²) in [6, 6.07) is 1.90. The number of alkyl halides is 3. The van der Waals surface area contributed by atoms with Crippen LogP contribution in [-0.2, 0) is 0 Å². The molecule has 0 aliphatic heterocycles. The average molecular weight is 362 g/mol. The molecular weight excluding hydrogens is 346 g/mol. The third-order valence-corrected chi connectivity index (χ3v) is 2.93. The van der Waals surface area contributed by atoms with Crippen LogP contribution in [0.1, 0.15) is 20.3 Å². The van der Waals surface area contributed by atoms with Gasteiger partial charge in [-0.1, -0.05) is 11.6 Å². The molecule has 0 amide bonds. The van der Waals surface area contributed by atoms with E-state index in [4.69, 9.17) is 26.6 Å². The van der Waals surface area contributed by atoms with Gasteiger partial charge in [-0.25, -0.2) is 4.39 Å². The molecular formula is C13H16ClF4NO4. The van der Waals surface area contributed by atoms with Gasteiger partial charge in [0.1, 0.15) is 17.8 Å². The monoisotopic (exact) mass is 361 g/mol. The van der Waals surface area contributed by atoms with Gasteiger partial charge in [-0.2, -0.15) is 13.2 Å². The van der Waals surface area contributed by atoms with Gasteiger partial charge in [-0.05, 0) is 19.9 Å². The SMILES string of the molecule is CC(C)Oc1cc(NC(O)CC(O)(O)C(F)(F)F)c(F)cc1Cl. The number of hydrogen-bond donors (Lipinski definition) is 4. The van der Waals surface area contributed by atoms with Crippen molar-refractivity contribution in [3.8, 4) is 5.75 Å². The van der Waals surface area contributed by atoms with Gasteiger partial charge in [0, 0.05) is 6.07 Å². The summed E-state index contributed by atoms with van der Waals surface area (Å²) in [7, 11) is 0. The third-order valence-electron chi connectivity index (χ3n) is 2.64. The number of benzene rings is 1. The summed E-state index contributed by atoms with van der Waals surface area (Å²) in [4.78, 5) is 0. The Kier molecular flexibility index (Phi) is 6.08. The van der Waals surface area contributed by atoms with E-state index >= 15 is 0 Å². The number of rotatable bonds is 6.